The second-order valence-electron chi connectivity index (χ2n) is 5.39. The van der Waals surface area contributed by atoms with Crippen LogP contribution in [0.15, 0.2) is 36.4 Å². The first-order valence-electron chi connectivity index (χ1n) is 7.25. The lowest BCUT2D eigenvalue weighted by Crippen LogP contribution is -2.39. The highest BCUT2D eigenvalue weighted by atomic mass is 35.5. The van der Waals surface area contributed by atoms with Gasteiger partial charge in [-0.25, -0.2) is 8.78 Å². The van der Waals surface area contributed by atoms with Crippen molar-refractivity contribution >= 4 is 34.8 Å². The molecule has 128 valence electrons. The Labute approximate surface area is 149 Å². The first-order chi connectivity index (χ1) is 11.3. The third kappa shape index (κ3) is 4.66. The predicted octanol–water partition coefficient (Wildman–Crippen LogP) is 4.95. The van der Waals surface area contributed by atoms with Gasteiger partial charge in [0.25, 0.3) is 0 Å². The molecule has 0 radical (unpaired) electrons. The van der Waals surface area contributed by atoms with E-state index in [4.69, 9.17) is 23.2 Å². The number of amides is 1. The molecule has 0 unspecified atom stereocenters. The van der Waals surface area contributed by atoms with Crippen molar-refractivity contribution in [1.29, 1.82) is 0 Å². The monoisotopic (exact) mass is 372 g/mol. The Hall–Kier alpha value is -1.69. The van der Waals surface area contributed by atoms with Gasteiger partial charge in [-0.05, 0) is 38.1 Å². The van der Waals surface area contributed by atoms with Gasteiger partial charge in [0.05, 0.1) is 16.8 Å². The lowest BCUT2D eigenvalue weighted by Gasteiger charge is -2.20. The van der Waals surface area contributed by atoms with Gasteiger partial charge in [0.2, 0.25) is 5.91 Å². The fraction of sp³-hybridized carbons (Fsp3) is 0.235. The lowest BCUT2D eigenvalue weighted by molar-refractivity contribution is -0.117. The fourth-order valence-corrected chi connectivity index (χ4v) is 2.68. The molecule has 3 nitrogen and oxygen atoms in total. The van der Waals surface area contributed by atoms with Crippen molar-refractivity contribution in [3.63, 3.8) is 0 Å². The highest BCUT2D eigenvalue weighted by Crippen LogP contribution is 2.25. The van der Waals surface area contributed by atoms with E-state index in [-0.39, 0.29) is 11.5 Å². The van der Waals surface area contributed by atoms with Gasteiger partial charge in [-0.15, -0.1) is 0 Å². The minimum atomic E-state index is -0.664. The minimum Gasteiger partial charge on any atom is -0.323 e. The van der Waals surface area contributed by atoms with E-state index in [0.717, 1.165) is 6.07 Å². The SMILES string of the molecule is C[C@H](N[C@H](C)C(=O)Nc1ccc(Cl)cc1Cl)c1ccc(F)cc1F. The molecule has 0 aromatic heterocycles. The summed E-state index contributed by atoms with van der Waals surface area (Å²) in [6, 6.07) is 6.95. The van der Waals surface area contributed by atoms with E-state index in [0.29, 0.717) is 15.7 Å². The zero-order valence-electron chi connectivity index (χ0n) is 13.0. The number of rotatable bonds is 5. The van der Waals surface area contributed by atoms with Gasteiger partial charge in [-0.2, -0.15) is 0 Å². The second-order valence-corrected chi connectivity index (χ2v) is 6.23. The van der Waals surface area contributed by atoms with Gasteiger partial charge in [-0.1, -0.05) is 29.3 Å². The molecular formula is C17H16Cl2F2N2O. The Morgan fingerprint density at radius 2 is 1.79 bits per heavy atom. The summed E-state index contributed by atoms with van der Waals surface area (Å²) in [5.41, 5.74) is 0.709. The molecule has 0 heterocycles. The van der Waals surface area contributed by atoms with Crippen molar-refractivity contribution in [2.24, 2.45) is 0 Å². The van der Waals surface area contributed by atoms with Crippen molar-refractivity contribution in [2.75, 3.05) is 5.32 Å². The van der Waals surface area contributed by atoms with Crippen molar-refractivity contribution in [3.05, 3.63) is 63.6 Å². The van der Waals surface area contributed by atoms with Gasteiger partial charge >= 0.3 is 0 Å². The fourth-order valence-electron chi connectivity index (χ4n) is 2.22. The first kappa shape index (κ1) is 18.6. The average molecular weight is 373 g/mol. The molecule has 2 aromatic rings. The maximum atomic E-state index is 13.8. The summed E-state index contributed by atoms with van der Waals surface area (Å²) < 4.78 is 26.7. The smallest absolute Gasteiger partial charge is 0.241 e. The highest BCUT2D eigenvalue weighted by molar-refractivity contribution is 6.36. The summed E-state index contributed by atoms with van der Waals surface area (Å²) in [5, 5.41) is 6.42. The topological polar surface area (TPSA) is 41.1 Å². The van der Waals surface area contributed by atoms with Gasteiger partial charge in [-0.3, -0.25) is 10.1 Å². The number of hydrogen-bond acceptors (Lipinski definition) is 2. The average Bonchev–Trinajstić information content (AvgIpc) is 2.49. The Bertz CT molecular complexity index is 755. The van der Waals surface area contributed by atoms with Gasteiger partial charge in [0, 0.05) is 22.7 Å². The van der Waals surface area contributed by atoms with Crippen molar-refractivity contribution < 1.29 is 13.6 Å². The number of halogens is 4. The van der Waals surface area contributed by atoms with Crippen LogP contribution in [-0.4, -0.2) is 11.9 Å². The lowest BCUT2D eigenvalue weighted by atomic mass is 10.1. The van der Waals surface area contributed by atoms with Crippen LogP contribution in [0.4, 0.5) is 14.5 Å². The molecule has 1 amide bonds. The summed E-state index contributed by atoms with van der Waals surface area (Å²) in [5.74, 6) is -1.65. The van der Waals surface area contributed by atoms with E-state index in [1.165, 1.54) is 18.2 Å². The minimum absolute atomic E-state index is 0.278. The maximum Gasteiger partial charge on any atom is 0.241 e. The largest absolute Gasteiger partial charge is 0.323 e. The van der Waals surface area contributed by atoms with Crippen LogP contribution in [-0.2, 0) is 4.79 Å². The third-order valence-corrected chi connectivity index (χ3v) is 4.06. The molecule has 0 bridgehead atoms. The molecule has 24 heavy (non-hydrogen) atoms. The van der Waals surface area contributed by atoms with Crippen LogP contribution in [0.3, 0.4) is 0 Å². The third-order valence-electron chi connectivity index (χ3n) is 3.51. The van der Waals surface area contributed by atoms with E-state index < -0.39 is 23.7 Å². The Kier molecular flexibility index (Phi) is 6.15. The summed E-state index contributed by atoms with van der Waals surface area (Å²) in [4.78, 5) is 12.2. The molecule has 0 spiro atoms. The van der Waals surface area contributed by atoms with E-state index >= 15 is 0 Å². The predicted molar refractivity (Wildman–Crippen MR) is 92.5 cm³/mol. The van der Waals surface area contributed by atoms with Crippen molar-refractivity contribution in [2.45, 2.75) is 25.9 Å². The number of hydrogen-bond donors (Lipinski definition) is 2. The molecule has 0 aliphatic rings. The van der Waals surface area contributed by atoms with Crippen LogP contribution in [0.2, 0.25) is 10.0 Å². The van der Waals surface area contributed by atoms with Crippen LogP contribution >= 0.6 is 23.2 Å². The zero-order valence-corrected chi connectivity index (χ0v) is 14.6. The maximum absolute atomic E-state index is 13.8. The van der Waals surface area contributed by atoms with E-state index in [1.54, 1.807) is 26.0 Å². The van der Waals surface area contributed by atoms with E-state index in [9.17, 15) is 13.6 Å². The van der Waals surface area contributed by atoms with E-state index in [2.05, 4.69) is 10.6 Å². The molecule has 7 heteroatoms. The quantitative estimate of drug-likeness (QED) is 0.779. The normalized spacial score (nSPS) is 13.4. The number of carbonyl (C=O) groups excluding carboxylic acids is 1. The van der Waals surface area contributed by atoms with Crippen LogP contribution < -0.4 is 10.6 Å². The number of nitrogens with one attached hydrogen (secondary N) is 2. The Balaban J connectivity index is 2.02. The zero-order chi connectivity index (χ0) is 17.9. The molecule has 2 rings (SSSR count). The summed E-state index contributed by atoms with van der Waals surface area (Å²) >= 11 is 11.8. The van der Waals surface area contributed by atoms with Crippen molar-refractivity contribution in [3.8, 4) is 0 Å². The van der Waals surface area contributed by atoms with Crippen LogP contribution in [0.25, 0.3) is 0 Å². The molecule has 0 aliphatic carbocycles. The van der Waals surface area contributed by atoms with Crippen LogP contribution in [0.1, 0.15) is 25.5 Å². The Morgan fingerprint density at radius 3 is 2.42 bits per heavy atom. The molecule has 2 aromatic carbocycles. The summed E-state index contributed by atoms with van der Waals surface area (Å²) in [6.07, 6.45) is 0. The van der Waals surface area contributed by atoms with Crippen molar-refractivity contribution in [1.82, 2.24) is 5.32 Å². The molecule has 0 aliphatic heterocycles. The molecular weight excluding hydrogens is 357 g/mol. The highest BCUT2D eigenvalue weighted by Gasteiger charge is 2.19. The molecule has 0 fully saturated rings. The number of carbonyl (C=O) groups is 1. The number of anilines is 1. The van der Waals surface area contributed by atoms with E-state index in [1.807, 2.05) is 0 Å². The van der Waals surface area contributed by atoms with Gasteiger partial charge < -0.3 is 5.32 Å². The summed E-state index contributed by atoms with van der Waals surface area (Å²) in [6.45, 7) is 3.33. The molecule has 0 saturated heterocycles. The first-order valence-corrected chi connectivity index (χ1v) is 8.00. The molecule has 2 atom stereocenters. The number of benzene rings is 2. The standard InChI is InChI=1S/C17H16Cl2F2N2O/c1-9(13-5-4-12(20)8-15(13)21)22-10(2)17(24)23-16-6-3-11(18)7-14(16)19/h3-10,22H,1-2H3,(H,23,24)/t9-,10+/m0/s1. The molecule has 2 N–H and O–H groups in total. The van der Waals surface area contributed by atoms with Gasteiger partial charge in [0.15, 0.2) is 0 Å². The van der Waals surface area contributed by atoms with Crippen LogP contribution in [0.5, 0.6) is 0 Å². The second kappa shape index (κ2) is 7.92. The van der Waals surface area contributed by atoms with Gasteiger partial charge in [0.1, 0.15) is 11.6 Å². The van der Waals surface area contributed by atoms with Crippen LogP contribution in [0, 0.1) is 11.6 Å². The summed E-state index contributed by atoms with van der Waals surface area (Å²) in [7, 11) is 0. The molecule has 0 saturated carbocycles. The Morgan fingerprint density at radius 1 is 1.08 bits per heavy atom.